The van der Waals surface area contributed by atoms with Crippen molar-refractivity contribution in [1.82, 2.24) is 5.32 Å². The number of carbonyl (C=O) groups excluding carboxylic acids is 1. The van der Waals surface area contributed by atoms with Crippen LogP contribution in [0.25, 0.3) is 0 Å². The summed E-state index contributed by atoms with van der Waals surface area (Å²) in [6.45, 7) is 7.14. The van der Waals surface area contributed by atoms with Crippen molar-refractivity contribution < 1.29 is 18.1 Å². The average Bonchev–Trinajstić information content (AvgIpc) is 2.45. The summed E-state index contributed by atoms with van der Waals surface area (Å²) in [5, 5.41) is 13.7. The Kier molecular flexibility index (Phi) is 6.30. The number of carbonyl (C=O) groups is 1. The van der Waals surface area contributed by atoms with Gasteiger partial charge in [0, 0.05) is 18.2 Å². The molecule has 1 aromatic carbocycles. The van der Waals surface area contributed by atoms with Crippen molar-refractivity contribution in [3.05, 3.63) is 34.4 Å². The monoisotopic (exact) mass is 357 g/mol. The van der Waals surface area contributed by atoms with Crippen molar-refractivity contribution in [2.45, 2.75) is 39.8 Å². The molecule has 0 aliphatic rings. The van der Waals surface area contributed by atoms with Crippen molar-refractivity contribution in [2.75, 3.05) is 10.6 Å². The lowest BCUT2D eigenvalue weighted by molar-refractivity contribution is -0.384. The van der Waals surface area contributed by atoms with E-state index in [0.29, 0.717) is 0 Å². The fourth-order valence-corrected chi connectivity index (χ4v) is 3.23. The molecule has 0 aromatic heterocycles. The lowest BCUT2D eigenvalue weighted by atomic mass is 10.1. The van der Waals surface area contributed by atoms with Crippen LogP contribution in [0, 0.1) is 16.0 Å². The zero-order valence-electron chi connectivity index (χ0n) is 14.4. The van der Waals surface area contributed by atoms with E-state index in [1.54, 1.807) is 0 Å². The molecule has 0 radical (unpaired) electrons. The number of hydrogen-bond donors (Lipinski definition) is 1. The highest BCUT2D eigenvalue weighted by molar-refractivity contribution is 7.92. The molecule has 1 aromatic rings. The van der Waals surface area contributed by atoms with Gasteiger partial charge in [-0.2, -0.15) is 0 Å². The largest absolute Gasteiger partial charge is 0.352 e. The summed E-state index contributed by atoms with van der Waals surface area (Å²) < 4.78 is 25.2. The quantitative estimate of drug-likeness (QED) is 0.592. The van der Waals surface area contributed by atoms with Crippen molar-refractivity contribution >= 4 is 27.3 Å². The molecule has 1 N–H and O–H groups in total. The number of amides is 1. The standard InChI is InChI=1S/C15H23N3O5S/c1-10(2)11(3)16-15(19)12(4)17(24(5,22)23)13-7-6-8-14(9-13)18(20)21/h6-12H,1-5H3,(H,16,19)/t11-,12+/m0/s1. The second-order valence-corrected chi connectivity index (χ2v) is 7.91. The summed E-state index contributed by atoms with van der Waals surface area (Å²) >= 11 is 0. The van der Waals surface area contributed by atoms with Crippen LogP contribution >= 0.6 is 0 Å². The smallest absolute Gasteiger partial charge is 0.271 e. The van der Waals surface area contributed by atoms with Crippen molar-refractivity contribution in [3.63, 3.8) is 0 Å². The maximum Gasteiger partial charge on any atom is 0.271 e. The lowest BCUT2D eigenvalue weighted by Crippen LogP contribution is -2.50. The Balaban J connectivity index is 3.21. The summed E-state index contributed by atoms with van der Waals surface area (Å²) in [5.74, 6) is -0.279. The maximum atomic E-state index is 12.4. The van der Waals surface area contributed by atoms with Gasteiger partial charge in [0.05, 0.1) is 16.9 Å². The Labute approximate surface area is 142 Å². The van der Waals surface area contributed by atoms with E-state index in [0.717, 1.165) is 16.6 Å². The second-order valence-electron chi connectivity index (χ2n) is 6.05. The Morgan fingerprint density at radius 1 is 1.25 bits per heavy atom. The van der Waals surface area contributed by atoms with E-state index >= 15 is 0 Å². The van der Waals surface area contributed by atoms with E-state index in [1.807, 2.05) is 20.8 Å². The minimum absolute atomic E-state index is 0.0755. The van der Waals surface area contributed by atoms with E-state index in [9.17, 15) is 23.3 Å². The van der Waals surface area contributed by atoms with E-state index in [-0.39, 0.29) is 23.3 Å². The third-order valence-corrected chi connectivity index (χ3v) is 5.00. The molecule has 8 nitrogen and oxygen atoms in total. The van der Waals surface area contributed by atoms with Crippen LogP contribution in [0.15, 0.2) is 24.3 Å². The van der Waals surface area contributed by atoms with Crippen molar-refractivity contribution in [2.24, 2.45) is 5.92 Å². The zero-order chi connectivity index (χ0) is 18.7. The lowest BCUT2D eigenvalue weighted by Gasteiger charge is -2.29. The van der Waals surface area contributed by atoms with Gasteiger partial charge in [-0.15, -0.1) is 0 Å². The van der Waals surface area contributed by atoms with Gasteiger partial charge >= 0.3 is 0 Å². The van der Waals surface area contributed by atoms with Crippen LogP contribution in [0.4, 0.5) is 11.4 Å². The van der Waals surface area contributed by atoms with Gasteiger partial charge in [0.25, 0.3) is 5.69 Å². The number of non-ortho nitro benzene ring substituents is 1. The maximum absolute atomic E-state index is 12.4. The molecule has 134 valence electrons. The number of anilines is 1. The summed E-state index contributed by atoms with van der Waals surface area (Å²) in [5.41, 5.74) is -0.171. The van der Waals surface area contributed by atoms with E-state index in [1.165, 1.54) is 25.1 Å². The molecule has 0 saturated heterocycles. The number of nitrogens with zero attached hydrogens (tertiary/aromatic N) is 2. The zero-order valence-corrected chi connectivity index (χ0v) is 15.2. The first kappa shape index (κ1) is 19.9. The number of benzene rings is 1. The van der Waals surface area contributed by atoms with Gasteiger partial charge < -0.3 is 5.32 Å². The molecule has 0 fully saturated rings. The van der Waals surface area contributed by atoms with Gasteiger partial charge in [-0.05, 0) is 25.8 Å². The van der Waals surface area contributed by atoms with Gasteiger partial charge in [-0.3, -0.25) is 19.2 Å². The van der Waals surface area contributed by atoms with E-state index in [2.05, 4.69) is 5.32 Å². The van der Waals surface area contributed by atoms with Gasteiger partial charge in [0.2, 0.25) is 15.9 Å². The minimum Gasteiger partial charge on any atom is -0.352 e. The van der Waals surface area contributed by atoms with Gasteiger partial charge in [0.1, 0.15) is 6.04 Å². The van der Waals surface area contributed by atoms with Crippen molar-refractivity contribution in [3.8, 4) is 0 Å². The number of nitrogens with one attached hydrogen (secondary N) is 1. The van der Waals surface area contributed by atoms with E-state index < -0.39 is 26.9 Å². The second kappa shape index (κ2) is 7.61. The van der Waals surface area contributed by atoms with Crippen LogP contribution < -0.4 is 9.62 Å². The summed E-state index contributed by atoms with van der Waals surface area (Å²) in [7, 11) is -3.81. The third-order valence-electron chi connectivity index (χ3n) is 3.75. The molecule has 0 heterocycles. The van der Waals surface area contributed by atoms with Gasteiger partial charge in [0.15, 0.2) is 0 Å². The van der Waals surface area contributed by atoms with Crippen LogP contribution in [-0.2, 0) is 14.8 Å². The Morgan fingerprint density at radius 3 is 2.29 bits per heavy atom. The molecule has 2 atom stereocenters. The molecule has 1 amide bonds. The summed E-state index contributed by atoms with van der Waals surface area (Å²) in [6.07, 6.45) is 0.960. The summed E-state index contributed by atoms with van der Waals surface area (Å²) in [4.78, 5) is 22.7. The number of nitro benzene ring substituents is 1. The number of rotatable bonds is 7. The highest BCUT2D eigenvalue weighted by atomic mass is 32.2. The number of hydrogen-bond acceptors (Lipinski definition) is 5. The van der Waals surface area contributed by atoms with Crippen LogP contribution in [-0.4, -0.2) is 37.6 Å². The molecule has 0 saturated carbocycles. The van der Waals surface area contributed by atoms with Crippen LogP contribution in [0.3, 0.4) is 0 Å². The predicted octanol–water partition coefficient (Wildman–Crippen LogP) is 1.91. The molecule has 24 heavy (non-hydrogen) atoms. The topological polar surface area (TPSA) is 110 Å². The Morgan fingerprint density at radius 2 is 1.83 bits per heavy atom. The SMILES string of the molecule is CC(C)[C@H](C)NC(=O)[C@@H](C)N(c1cccc([N+](=O)[O-])c1)S(C)(=O)=O. The Hall–Kier alpha value is -2.16. The fraction of sp³-hybridized carbons (Fsp3) is 0.533. The van der Waals surface area contributed by atoms with Crippen LogP contribution in [0.5, 0.6) is 0 Å². The molecule has 0 spiro atoms. The molecular weight excluding hydrogens is 334 g/mol. The highest BCUT2D eigenvalue weighted by Gasteiger charge is 2.30. The van der Waals surface area contributed by atoms with Gasteiger partial charge in [-0.1, -0.05) is 19.9 Å². The molecule has 1 rings (SSSR count). The summed E-state index contributed by atoms with van der Waals surface area (Å²) in [6, 6.07) is 4.03. The number of nitro groups is 1. The molecule has 0 unspecified atom stereocenters. The predicted molar refractivity (Wildman–Crippen MR) is 92.3 cm³/mol. The minimum atomic E-state index is -3.81. The Bertz CT molecular complexity index is 718. The normalized spacial score (nSPS) is 14.1. The van der Waals surface area contributed by atoms with Gasteiger partial charge in [-0.25, -0.2) is 8.42 Å². The molecule has 0 aliphatic heterocycles. The van der Waals surface area contributed by atoms with Crippen LogP contribution in [0.1, 0.15) is 27.7 Å². The van der Waals surface area contributed by atoms with Crippen molar-refractivity contribution in [1.29, 1.82) is 0 Å². The molecule has 9 heteroatoms. The number of sulfonamides is 1. The molecule has 0 aliphatic carbocycles. The first-order valence-electron chi connectivity index (χ1n) is 7.49. The first-order chi connectivity index (χ1) is 10.9. The van der Waals surface area contributed by atoms with Crippen LogP contribution in [0.2, 0.25) is 0 Å². The first-order valence-corrected chi connectivity index (χ1v) is 9.34. The molecular formula is C15H23N3O5S. The molecule has 0 bridgehead atoms. The highest BCUT2D eigenvalue weighted by Crippen LogP contribution is 2.25. The third kappa shape index (κ3) is 4.92. The fourth-order valence-electron chi connectivity index (χ4n) is 2.06. The van der Waals surface area contributed by atoms with E-state index in [4.69, 9.17) is 0 Å². The average molecular weight is 357 g/mol.